The Morgan fingerprint density at radius 3 is 2.71 bits per heavy atom. The van der Waals surface area contributed by atoms with Crippen molar-refractivity contribution in [3.8, 4) is 11.4 Å². The Balaban J connectivity index is 2.13. The van der Waals surface area contributed by atoms with Crippen molar-refractivity contribution < 1.29 is 0 Å². The van der Waals surface area contributed by atoms with Gasteiger partial charge in [0, 0.05) is 16.0 Å². The van der Waals surface area contributed by atoms with E-state index < -0.39 is 0 Å². The average Bonchev–Trinajstić information content (AvgIpc) is 2.96. The Labute approximate surface area is 130 Å². The monoisotopic (exact) mass is 314 g/mol. The Kier molecular flexibility index (Phi) is 2.80. The molecular weight excluding hydrogens is 307 g/mol. The molecule has 0 spiro atoms. The maximum Gasteiger partial charge on any atom is 0.171 e. The molecule has 0 aliphatic carbocycles. The Morgan fingerprint density at radius 2 is 1.86 bits per heavy atom. The van der Waals surface area contributed by atoms with E-state index in [2.05, 4.69) is 10.2 Å². The predicted octanol–water partition coefficient (Wildman–Crippen LogP) is 4.25. The van der Waals surface area contributed by atoms with Crippen LogP contribution in [0.15, 0.2) is 48.8 Å². The van der Waals surface area contributed by atoms with Crippen molar-refractivity contribution in [3.05, 3.63) is 58.8 Å². The van der Waals surface area contributed by atoms with E-state index in [1.807, 2.05) is 34.7 Å². The van der Waals surface area contributed by atoms with Gasteiger partial charge in [-0.25, -0.2) is 4.98 Å². The molecule has 0 aliphatic rings. The number of hydrogen-bond donors (Lipinski definition) is 0. The molecule has 4 rings (SSSR count). The van der Waals surface area contributed by atoms with E-state index in [4.69, 9.17) is 28.2 Å². The number of para-hydroxylation sites is 1. The van der Waals surface area contributed by atoms with Gasteiger partial charge in [0.1, 0.15) is 12.2 Å². The third kappa shape index (κ3) is 1.95. The second-order valence-electron chi connectivity index (χ2n) is 4.60. The van der Waals surface area contributed by atoms with Gasteiger partial charge in [0.05, 0.1) is 10.5 Å². The van der Waals surface area contributed by atoms with Crippen LogP contribution >= 0.6 is 23.2 Å². The van der Waals surface area contributed by atoms with Crippen LogP contribution in [-0.2, 0) is 0 Å². The molecule has 4 nitrogen and oxygen atoms in total. The summed E-state index contributed by atoms with van der Waals surface area (Å²) in [6, 6.07) is 13.1. The second kappa shape index (κ2) is 4.69. The normalized spacial score (nSPS) is 11.3. The summed E-state index contributed by atoms with van der Waals surface area (Å²) in [6.45, 7) is 0. The van der Waals surface area contributed by atoms with Crippen molar-refractivity contribution in [2.24, 2.45) is 0 Å². The van der Waals surface area contributed by atoms with Crippen molar-refractivity contribution in [1.82, 2.24) is 19.6 Å². The lowest BCUT2D eigenvalue weighted by atomic mass is 10.2. The number of nitrogens with zero attached hydrogens (tertiary/aromatic N) is 4. The second-order valence-corrected chi connectivity index (χ2v) is 5.44. The largest absolute Gasteiger partial charge is 0.264 e. The van der Waals surface area contributed by atoms with E-state index in [1.165, 1.54) is 0 Å². The Hall–Kier alpha value is -2.17. The van der Waals surface area contributed by atoms with E-state index in [9.17, 15) is 0 Å². The quantitative estimate of drug-likeness (QED) is 0.527. The zero-order chi connectivity index (χ0) is 14.4. The van der Waals surface area contributed by atoms with Gasteiger partial charge in [-0.1, -0.05) is 35.3 Å². The summed E-state index contributed by atoms with van der Waals surface area (Å²) in [6.07, 6.45) is 1.63. The van der Waals surface area contributed by atoms with Crippen molar-refractivity contribution in [2.75, 3.05) is 0 Å². The summed E-state index contributed by atoms with van der Waals surface area (Å²) in [4.78, 5) is 4.69. The van der Waals surface area contributed by atoms with Crippen LogP contribution in [0.2, 0.25) is 10.0 Å². The zero-order valence-corrected chi connectivity index (χ0v) is 12.2. The maximum absolute atomic E-state index is 6.30. The summed E-state index contributed by atoms with van der Waals surface area (Å²) in [5.41, 5.74) is 2.39. The molecule has 4 aromatic rings. The number of fused-ring (bicyclic) bond motifs is 3. The van der Waals surface area contributed by atoms with Gasteiger partial charge in [-0.05, 0) is 30.3 Å². The van der Waals surface area contributed by atoms with Crippen LogP contribution in [0.1, 0.15) is 0 Å². The fourth-order valence-corrected chi connectivity index (χ4v) is 2.86. The molecule has 0 saturated heterocycles. The maximum atomic E-state index is 6.30. The molecule has 0 amide bonds. The molecule has 0 aliphatic heterocycles. The number of aromatic nitrogens is 4. The standard InChI is InChI=1S/C15H8Cl2N4/c16-9-5-6-10(12(17)7-9)14-19-13-4-2-1-3-11(13)15-20-18-8-21(14)15/h1-8H. The highest BCUT2D eigenvalue weighted by Crippen LogP contribution is 2.31. The van der Waals surface area contributed by atoms with Gasteiger partial charge < -0.3 is 0 Å². The minimum atomic E-state index is 0.542. The van der Waals surface area contributed by atoms with Crippen LogP contribution in [0.3, 0.4) is 0 Å². The van der Waals surface area contributed by atoms with Gasteiger partial charge in [-0.15, -0.1) is 10.2 Å². The molecule has 0 atom stereocenters. The summed E-state index contributed by atoms with van der Waals surface area (Å²) in [5, 5.41) is 10.3. The first-order chi connectivity index (χ1) is 10.2. The van der Waals surface area contributed by atoms with Gasteiger partial charge >= 0.3 is 0 Å². The van der Waals surface area contributed by atoms with Crippen LogP contribution in [0.4, 0.5) is 0 Å². The highest BCUT2D eigenvalue weighted by Gasteiger charge is 2.13. The highest BCUT2D eigenvalue weighted by molar-refractivity contribution is 6.36. The molecule has 6 heteroatoms. The first kappa shape index (κ1) is 12.6. The van der Waals surface area contributed by atoms with Crippen molar-refractivity contribution >= 4 is 39.8 Å². The molecule has 2 heterocycles. The van der Waals surface area contributed by atoms with Gasteiger partial charge in [0.25, 0.3) is 0 Å². The van der Waals surface area contributed by atoms with Crippen molar-refractivity contribution in [1.29, 1.82) is 0 Å². The van der Waals surface area contributed by atoms with Gasteiger partial charge in [0.2, 0.25) is 0 Å². The van der Waals surface area contributed by atoms with Crippen LogP contribution in [-0.4, -0.2) is 19.6 Å². The lowest BCUT2D eigenvalue weighted by Crippen LogP contribution is -1.97. The van der Waals surface area contributed by atoms with Gasteiger partial charge in [-0.2, -0.15) is 0 Å². The van der Waals surface area contributed by atoms with Crippen LogP contribution in [0.5, 0.6) is 0 Å². The Morgan fingerprint density at radius 1 is 1.00 bits per heavy atom. The molecule has 2 aromatic carbocycles. The third-order valence-electron chi connectivity index (χ3n) is 3.32. The molecule has 0 N–H and O–H groups in total. The minimum absolute atomic E-state index is 0.542. The molecule has 0 unspecified atom stereocenters. The highest BCUT2D eigenvalue weighted by atomic mass is 35.5. The summed E-state index contributed by atoms with van der Waals surface area (Å²) in [5.74, 6) is 0.690. The van der Waals surface area contributed by atoms with E-state index in [1.54, 1.807) is 18.5 Å². The SMILES string of the molecule is Clc1ccc(-c2nc3ccccc3c3nncn23)c(Cl)c1. The molecule has 0 bridgehead atoms. The minimum Gasteiger partial charge on any atom is -0.264 e. The lowest BCUT2D eigenvalue weighted by molar-refractivity contribution is 1.09. The molecule has 0 radical (unpaired) electrons. The predicted molar refractivity (Wildman–Crippen MR) is 83.7 cm³/mol. The van der Waals surface area contributed by atoms with Crippen LogP contribution in [0.25, 0.3) is 27.9 Å². The van der Waals surface area contributed by atoms with E-state index in [-0.39, 0.29) is 0 Å². The number of rotatable bonds is 1. The first-order valence-corrected chi connectivity index (χ1v) is 7.03. The number of hydrogen-bond acceptors (Lipinski definition) is 3. The van der Waals surface area contributed by atoms with Crippen molar-refractivity contribution in [2.45, 2.75) is 0 Å². The first-order valence-electron chi connectivity index (χ1n) is 6.28. The van der Waals surface area contributed by atoms with Gasteiger partial charge in [0.15, 0.2) is 5.65 Å². The van der Waals surface area contributed by atoms with Crippen molar-refractivity contribution in [3.63, 3.8) is 0 Å². The fourth-order valence-electron chi connectivity index (χ4n) is 2.36. The zero-order valence-electron chi connectivity index (χ0n) is 10.7. The summed E-state index contributed by atoms with van der Waals surface area (Å²) >= 11 is 12.3. The van der Waals surface area contributed by atoms with E-state index >= 15 is 0 Å². The molecular formula is C15H8Cl2N4. The van der Waals surface area contributed by atoms with E-state index in [0.29, 0.717) is 15.9 Å². The molecule has 0 fully saturated rings. The molecule has 21 heavy (non-hydrogen) atoms. The Bertz CT molecular complexity index is 978. The summed E-state index contributed by atoms with van der Waals surface area (Å²) < 4.78 is 1.83. The van der Waals surface area contributed by atoms with E-state index in [0.717, 1.165) is 22.1 Å². The third-order valence-corrected chi connectivity index (χ3v) is 3.87. The molecule has 102 valence electrons. The van der Waals surface area contributed by atoms with Crippen LogP contribution < -0.4 is 0 Å². The molecule has 2 aromatic heterocycles. The number of halogens is 2. The smallest absolute Gasteiger partial charge is 0.171 e. The van der Waals surface area contributed by atoms with Gasteiger partial charge in [-0.3, -0.25) is 4.40 Å². The average molecular weight is 315 g/mol. The lowest BCUT2D eigenvalue weighted by Gasteiger charge is -2.09. The number of benzene rings is 2. The fraction of sp³-hybridized carbons (Fsp3) is 0. The van der Waals surface area contributed by atoms with Crippen LogP contribution in [0, 0.1) is 0 Å². The molecule has 0 saturated carbocycles. The topological polar surface area (TPSA) is 43.1 Å². The summed E-state index contributed by atoms with van der Waals surface area (Å²) in [7, 11) is 0.